The van der Waals surface area contributed by atoms with Crippen LogP contribution in [0.15, 0.2) is 32.9 Å². The van der Waals surface area contributed by atoms with E-state index in [1.165, 1.54) is 22.7 Å². The van der Waals surface area contributed by atoms with Crippen LogP contribution in [0, 0.1) is 13.8 Å². The molecule has 0 amide bonds. The molecule has 0 spiro atoms. The van der Waals surface area contributed by atoms with Crippen molar-refractivity contribution in [3.05, 3.63) is 50.2 Å². The number of hydrogen-bond donors (Lipinski definition) is 1. The molecule has 1 unspecified atom stereocenters. The van der Waals surface area contributed by atoms with E-state index in [1.54, 1.807) is 12.1 Å². The van der Waals surface area contributed by atoms with Crippen LogP contribution in [-0.2, 0) is 14.1 Å². The third kappa shape index (κ3) is 3.01. The predicted molar refractivity (Wildman–Crippen MR) is 120 cm³/mol. The summed E-state index contributed by atoms with van der Waals surface area (Å²) in [4.78, 5) is 29.9. The highest BCUT2D eigenvalue weighted by Crippen LogP contribution is 2.29. The highest BCUT2D eigenvalue weighted by Gasteiger charge is 2.30. The molecule has 1 aliphatic rings. The lowest BCUT2D eigenvalue weighted by atomic mass is 10.1. The van der Waals surface area contributed by atoms with Gasteiger partial charge in [0.05, 0.1) is 18.3 Å². The fraction of sp³-hybridized carbons (Fsp3) is 0.429. The van der Waals surface area contributed by atoms with Crippen LogP contribution in [0.3, 0.4) is 0 Å². The third-order valence-electron chi connectivity index (χ3n) is 5.93. The van der Waals surface area contributed by atoms with Crippen molar-refractivity contribution in [2.75, 3.05) is 23.4 Å². The van der Waals surface area contributed by atoms with E-state index in [2.05, 4.69) is 42.3 Å². The molecule has 1 aliphatic heterocycles. The minimum atomic E-state index is -0.392. The summed E-state index contributed by atoms with van der Waals surface area (Å²) in [6, 6.07) is 6.15. The summed E-state index contributed by atoms with van der Waals surface area (Å²) < 4.78 is 4.42. The van der Waals surface area contributed by atoms with E-state index >= 15 is 0 Å². The number of rotatable bonds is 4. The monoisotopic (exact) mass is 409 g/mol. The van der Waals surface area contributed by atoms with E-state index in [0.29, 0.717) is 30.2 Å². The van der Waals surface area contributed by atoms with Crippen molar-refractivity contribution in [3.8, 4) is 0 Å². The zero-order valence-electron chi connectivity index (χ0n) is 18.2. The quantitative estimate of drug-likeness (QED) is 0.711. The minimum absolute atomic E-state index is 0.126. The summed E-state index contributed by atoms with van der Waals surface area (Å²) in [5.41, 5.74) is 4.48. The average molecular weight is 409 g/mol. The average Bonchev–Trinajstić information content (AvgIpc) is 3.12. The van der Waals surface area contributed by atoms with Gasteiger partial charge in [-0.1, -0.05) is 6.07 Å². The minimum Gasteiger partial charge on any atom is -0.383 e. The number of nitrogens with one attached hydrogen (secondary N) is 1. The molecule has 9 heteroatoms. The van der Waals surface area contributed by atoms with Gasteiger partial charge in [0.15, 0.2) is 11.2 Å². The molecule has 1 N–H and O–H groups in total. The van der Waals surface area contributed by atoms with Gasteiger partial charge in [-0.25, -0.2) is 9.80 Å². The largest absolute Gasteiger partial charge is 0.383 e. The molecule has 3 heterocycles. The Labute approximate surface area is 174 Å². The van der Waals surface area contributed by atoms with Crippen molar-refractivity contribution in [1.82, 2.24) is 18.7 Å². The lowest BCUT2D eigenvalue weighted by Crippen LogP contribution is -2.39. The van der Waals surface area contributed by atoms with Crippen molar-refractivity contribution >= 4 is 28.5 Å². The molecule has 0 aliphatic carbocycles. The molecule has 0 radical (unpaired) electrons. The van der Waals surface area contributed by atoms with E-state index in [0.717, 1.165) is 16.0 Å². The first-order valence-electron chi connectivity index (χ1n) is 10.0. The summed E-state index contributed by atoms with van der Waals surface area (Å²) in [7, 11) is 3.12. The number of hydrazone groups is 1. The maximum atomic E-state index is 12.9. The van der Waals surface area contributed by atoms with Crippen LogP contribution in [0.25, 0.3) is 11.2 Å². The van der Waals surface area contributed by atoms with E-state index in [4.69, 9.17) is 5.10 Å². The second kappa shape index (κ2) is 7.16. The van der Waals surface area contributed by atoms with Gasteiger partial charge in [0.2, 0.25) is 5.95 Å². The number of aromatic nitrogens is 4. The highest BCUT2D eigenvalue weighted by molar-refractivity contribution is 5.91. The van der Waals surface area contributed by atoms with E-state index < -0.39 is 5.69 Å². The summed E-state index contributed by atoms with van der Waals surface area (Å²) >= 11 is 0. The second-order valence-corrected chi connectivity index (χ2v) is 7.93. The number of anilines is 2. The molecule has 4 rings (SSSR count). The summed E-state index contributed by atoms with van der Waals surface area (Å²) in [5, 5.41) is 9.92. The molecule has 0 bridgehead atoms. The molecular weight excluding hydrogens is 382 g/mol. The molecule has 2 aromatic heterocycles. The maximum Gasteiger partial charge on any atom is 0.332 e. The standard InChI is InChI=1S/C21H27N7O2/c1-12-7-8-16(11-13(12)2)22-9-10-27-20-23-18-17(28(20)15(4)14(3)24-27)19(29)26(6)21(30)25(18)5/h7-8,11,15,22H,9-10H2,1-6H3. The maximum absolute atomic E-state index is 12.9. The van der Waals surface area contributed by atoms with Crippen LogP contribution in [-0.4, -0.2) is 37.5 Å². The van der Waals surface area contributed by atoms with Gasteiger partial charge in [0, 0.05) is 26.3 Å². The Morgan fingerprint density at radius 3 is 2.50 bits per heavy atom. The molecule has 0 saturated heterocycles. The van der Waals surface area contributed by atoms with Crippen molar-refractivity contribution in [3.63, 3.8) is 0 Å². The van der Waals surface area contributed by atoms with Crippen LogP contribution in [0.5, 0.6) is 0 Å². The van der Waals surface area contributed by atoms with Gasteiger partial charge < -0.3 is 5.32 Å². The van der Waals surface area contributed by atoms with Gasteiger partial charge >= 0.3 is 5.69 Å². The predicted octanol–water partition coefficient (Wildman–Crippen LogP) is 1.92. The summed E-state index contributed by atoms with van der Waals surface area (Å²) in [6.07, 6.45) is 0. The smallest absolute Gasteiger partial charge is 0.332 e. The molecule has 158 valence electrons. The van der Waals surface area contributed by atoms with Crippen molar-refractivity contribution in [2.24, 2.45) is 19.2 Å². The number of benzene rings is 1. The zero-order valence-corrected chi connectivity index (χ0v) is 18.2. The number of fused-ring (bicyclic) bond motifs is 3. The van der Waals surface area contributed by atoms with Crippen LogP contribution >= 0.6 is 0 Å². The topological polar surface area (TPSA) is 89.5 Å². The number of nitrogens with zero attached hydrogens (tertiary/aromatic N) is 6. The number of hydrogen-bond acceptors (Lipinski definition) is 6. The van der Waals surface area contributed by atoms with Crippen LogP contribution in [0.2, 0.25) is 0 Å². The third-order valence-corrected chi connectivity index (χ3v) is 5.93. The molecule has 3 aromatic rings. The Balaban J connectivity index is 1.70. The Hall–Kier alpha value is -3.36. The van der Waals surface area contributed by atoms with Gasteiger partial charge in [-0.2, -0.15) is 10.1 Å². The SMILES string of the molecule is CC1=NN(CCNc2ccc(C)c(C)c2)c2nc3c(c(=O)n(C)c(=O)n3C)n2C1C. The van der Waals surface area contributed by atoms with Crippen LogP contribution in [0.1, 0.15) is 31.0 Å². The molecule has 0 fully saturated rings. The van der Waals surface area contributed by atoms with Gasteiger partial charge in [0.25, 0.3) is 5.56 Å². The van der Waals surface area contributed by atoms with Gasteiger partial charge in [-0.15, -0.1) is 0 Å². The van der Waals surface area contributed by atoms with Gasteiger partial charge in [-0.05, 0) is 51.0 Å². The van der Waals surface area contributed by atoms with E-state index in [-0.39, 0.29) is 11.6 Å². The van der Waals surface area contributed by atoms with Crippen LogP contribution < -0.4 is 21.6 Å². The van der Waals surface area contributed by atoms with Gasteiger partial charge in [0.1, 0.15) is 0 Å². The van der Waals surface area contributed by atoms with Crippen LogP contribution in [0.4, 0.5) is 11.6 Å². The Morgan fingerprint density at radius 2 is 1.80 bits per heavy atom. The first-order valence-corrected chi connectivity index (χ1v) is 10.0. The zero-order chi connectivity index (χ0) is 21.7. The Kier molecular flexibility index (Phi) is 4.76. The van der Waals surface area contributed by atoms with Crippen molar-refractivity contribution in [2.45, 2.75) is 33.7 Å². The molecule has 9 nitrogen and oxygen atoms in total. The number of aryl methyl sites for hydroxylation is 3. The highest BCUT2D eigenvalue weighted by atomic mass is 16.2. The molecular formula is C21H27N7O2. The van der Waals surface area contributed by atoms with E-state index in [9.17, 15) is 9.59 Å². The molecule has 30 heavy (non-hydrogen) atoms. The number of imidazole rings is 1. The fourth-order valence-electron chi connectivity index (χ4n) is 3.77. The normalized spacial score (nSPS) is 16.0. The molecule has 1 aromatic carbocycles. The second-order valence-electron chi connectivity index (χ2n) is 7.93. The summed E-state index contributed by atoms with van der Waals surface area (Å²) in [6.45, 7) is 9.32. The lowest BCUT2D eigenvalue weighted by molar-refractivity contribution is 0.638. The Bertz CT molecular complexity index is 1300. The first kappa shape index (κ1) is 19.9. The fourth-order valence-corrected chi connectivity index (χ4v) is 3.77. The summed E-state index contributed by atoms with van der Waals surface area (Å²) in [5.74, 6) is 0.572. The first-order chi connectivity index (χ1) is 14.2. The van der Waals surface area contributed by atoms with Crippen molar-refractivity contribution in [1.29, 1.82) is 0 Å². The van der Waals surface area contributed by atoms with Crippen molar-refractivity contribution < 1.29 is 0 Å². The molecule has 1 atom stereocenters. The van der Waals surface area contributed by atoms with Gasteiger partial charge in [-0.3, -0.25) is 18.5 Å². The van der Waals surface area contributed by atoms with E-state index in [1.807, 2.05) is 18.4 Å². The lowest BCUT2D eigenvalue weighted by Gasteiger charge is -2.29. The molecule has 0 saturated carbocycles. The Morgan fingerprint density at radius 1 is 1.07 bits per heavy atom.